The maximum atomic E-state index is 12.5. The molecule has 0 saturated carbocycles. The maximum Gasteiger partial charge on any atom is 0.410 e. The molecule has 3 rings (SSSR count). The number of aromatic nitrogens is 1. The Bertz CT molecular complexity index is 623. The number of carbonyl (C=O) groups is 2. The molecule has 0 radical (unpaired) electrons. The van der Waals surface area contributed by atoms with Gasteiger partial charge in [-0.2, -0.15) is 0 Å². The van der Waals surface area contributed by atoms with Gasteiger partial charge in [0, 0.05) is 24.8 Å². The third-order valence-electron chi connectivity index (χ3n) is 4.13. The number of hydrogen-bond donors (Lipinski definition) is 1. The molecule has 3 heterocycles. The summed E-state index contributed by atoms with van der Waals surface area (Å²) in [6.07, 6.45) is 2.78. The van der Waals surface area contributed by atoms with Gasteiger partial charge in [-0.3, -0.25) is 4.79 Å². The second-order valence-electron chi connectivity index (χ2n) is 6.94. The van der Waals surface area contributed by atoms with Crippen molar-refractivity contribution < 1.29 is 14.3 Å². The smallest absolute Gasteiger partial charge is 0.410 e. The van der Waals surface area contributed by atoms with Crippen molar-refractivity contribution in [3.05, 3.63) is 23.9 Å². The molecule has 1 N–H and O–H groups in total. The Balaban J connectivity index is 1.87. The number of pyridine rings is 1. The molecule has 0 aromatic carbocycles. The molecule has 1 spiro atoms. The first kappa shape index (κ1) is 14.8. The molecule has 2 aliphatic rings. The Morgan fingerprint density at radius 1 is 1.45 bits per heavy atom. The third kappa shape index (κ3) is 2.42. The number of fused-ring (bicyclic) bond motifs is 2. The van der Waals surface area contributed by atoms with Gasteiger partial charge in [0.1, 0.15) is 11.4 Å². The Kier molecular flexibility index (Phi) is 3.34. The van der Waals surface area contributed by atoms with Crippen molar-refractivity contribution in [1.82, 2.24) is 9.88 Å². The van der Waals surface area contributed by atoms with Gasteiger partial charge in [0.15, 0.2) is 0 Å². The van der Waals surface area contributed by atoms with Crippen LogP contribution in [0.3, 0.4) is 0 Å². The highest BCUT2D eigenvalue weighted by atomic mass is 16.6. The van der Waals surface area contributed by atoms with Gasteiger partial charge in [0.2, 0.25) is 5.91 Å². The lowest BCUT2D eigenvalue weighted by atomic mass is 9.75. The molecule has 1 saturated heterocycles. The quantitative estimate of drug-likeness (QED) is 0.798. The zero-order valence-electron chi connectivity index (χ0n) is 13.2. The number of carbonyl (C=O) groups excluding carboxylic acids is 2. The first-order valence-electron chi connectivity index (χ1n) is 7.57. The lowest BCUT2D eigenvalue weighted by Gasteiger charge is -2.39. The summed E-state index contributed by atoms with van der Waals surface area (Å²) in [5, 5.41) is 2.84. The highest BCUT2D eigenvalue weighted by Crippen LogP contribution is 2.42. The van der Waals surface area contributed by atoms with Gasteiger partial charge in [-0.1, -0.05) is 6.07 Å². The van der Waals surface area contributed by atoms with Gasteiger partial charge < -0.3 is 15.0 Å². The molecule has 0 bridgehead atoms. The summed E-state index contributed by atoms with van der Waals surface area (Å²) in [5.74, 6) is 0.535. The lowest BCUT2D eigenvalue weighted by Crippen LogP contribution is -2.52. The van der Waals surface area contributed by atoms with Crippen molar-refractivity contribution in [3.63, 3.8) is 0 Å². The second kappa shape index (κ2) is 4.97. The van der Waals surface area contributed by atoms with Gasteiger partial charge in [0.05, 0.1) is 5.41 Å². The molecular weight excluding hydrogens is 282 g/mol. The molecule has 2 aliphatic heterocycles. The zero-order valence-corrected chi connectivity index (χ0v) is 13.2. The fourth-order valence-corrected chi connectivity index (χ4v) is 3.18. The van der Waals surface area contributed by atoms with E-state index in [1.54, 1.807) is 11.1 Å². The summed E-state index contributed by atoms with van der Waals surface area (Å²) in [6, 6.07) is 3.74. The monoisotopic (exact) mass is 303 g/mol. The van der Waals surface area contributed by atoms with E-state index in [1.165, 1.54) is 0 Å². The molecular formula is C16H21N3O3. The number of nitrogens with one attached hydrogen (secondary N) is 1. The predicted octanol–water partition coefficient (Wildman–Crippen LogP) is 2.30. The molecule has 22 heavy (non-hydrogen) atoms. The zero-order chi connectivity index (χ0) is 16.0. The fourth-order valence-electron chi connectivity index (χ4n) is 3.18. The van der Waals surface area contributed by atoms with Crippen LogP contribution in [-0.2, 0) is 14.9 Å². The average Bonchev–Trinajstić information content (AvgIpc) is 2.70. The first-order valence-corrected chi connectivity index (χ1v) is 7.57. The summed E-state index contributed by atoms with van der Waals surface area (Å²) in [6.45, 7) is 6.47. The van der Waals surface area contributed by atoms with E-state index >= 15 is 0 Å². The molecule has 1 unspecified atom stereocenters. The minimum absolute atomic E-state index is 0.0746. The van der Waals surface area contributed by atoms with E-state index in [2.05, 4.69) is 10.3 Å². The SMILES string of the molecule is CC(C)(C)OC(=O)N1CCCC2(C1)C(=O)Nc1ncccc12. The number of likely N-dealkylation sites (tertiary alicyclic amines) is 1. The van der Waals surface area contributed by atoms with E-state index in [0.29, 0.717) is 18.9 Å². The van der Waals surface area contributed by atoms with Crippen LogP contribution in [0.5, 0.6) is 0 Å². The molecule has 2 amide bonds. The van der Waals surface area contributed by atoms with Gasteiger partial charge in [-0.25, -0.2) is 9.78 Å². The van der Waals surface area contributed by atoms with Crippen LogP contribution in [0.2, 0.25) is 0 Å². The molecule has 1 aromatic heterocycles. The van der Waals surface area contributed by atoms with E-state index < -0.39 is 11.0 Å². The third-order valence-corrected chi connectivity index (χ3v) is 4.13. The number of nitrogens with zero attached hydrogens (tertiary/aromatic N) is 2. The summed E-state index contributed by atoms with van der Waals surface area (Å²) in [7, 11) is 0. The Hall–Kier alpha value is -2.11. The number of rotatable bonds is 0. The van der Waals surface area contributed by atoms with E-state index in [-0.39, 0.29) is 12.0 Å². The van der Waals surface area contributed by atoms with E-state index in [4.69, 9.17) is 4.74 Å². The predicted molar refractivity (Wildman–Crippen MR) is 81.6 cm³/mol. The first-order chi connectivity index (χ1) is 10.3. The number of anilines is 1. The van der Waals surface area contributed by atoms with Crippen molar-refractivity contribution in [2.75, 3.05) is 18.4 Å². The van der Waals surface area contributed by atoms with Gasteiger partial charge in [-0.15, -0.1) is 0 Å². The van der Waals surface area contributed by atoms with E-state index in [9.17, 15) is 9.59 Å². The van der Waals surface area contributed by atoms with Crippen molar-refractivity contribution in [3.8, 4) is 0 Å². The standard InChI is InChI=1S/C16H21N3O3/c1-15(2,3)22-14(21)19-9-5-7-16(10-19)11-6-4-8-17-12(11)18-13(16)20/h4,6,8H,5,7,9-10H2,1-3H3,(H,17,18,20). The van der Waals surface area contributed by atoms with Gasteiger partial charge >= 0.3 is 6.09 Å². The molecule has 1 atom stereocenters. The van der Waals surface area contributed by atoms with Crippen molar-refractivity contribution >= 4 is 17.8 Å². The van der Waals surface area contributed by atoms with Crippen molar-refractivity contribution in [2.45, 2.75) is 44.6 Å². The second-order valence-corrected chi connectivity index (χ2v) is 6.94. The number of ether oxygens (including phenoxy) is 1. The summed E-state index contributed by atoms with van der Waals surface area (Å²) < 4.78 is 5.44. The molecule has 118 valence electrons. The molecule has 6 heteroatoms. The average molecular weight is 303 g/mol. The molecule has 1 aromatic rings. The van der Waals surface area contributed by atoms with Crippen LogP contribution in [0.15, 0.2) is 18.3 Å². The van der Waals surface area contributed by atoms with Crippen LogP contribution in [0.25, 0.3) is 0 Å². The molecule has 1 fully saturated rings. The van der Waals surface area contributed by atoms with Crippen LogP contribution in [0.1, 0.15) is 39.2 Å². The Labute approximate surface area is 129 Å². The normalized spacial score (nSPS) is 24.1. The molecule has 6 nitrogen and oxygen atoms in total. The largest absolute Gasteiger partial charge is 0.444 e. The van der Waals surface area contributed by atoms with Crippen LogP contribution in [0.4, 0.5) is 10.6 Å². The van der Waals surface area contributed by atoms with Crippen LogP contribution in [-0.4, -0.2) is 40.6 Å². The Morgan fingerprint density at radius 3 is 2.95 bits per heavy atom. The number of hydrogen-bond acceptors (Lipinski definition) is 4. The maximum absolute atomic E-state index is 12.5. The minimum atomic E-state index is -0.696. The van der Waals surface area contributed by atoms with Crippen LogP contribution < -0.4 is 5.32 Å². The van der Waals surface area contributed by atoms with Crippen LogP contribution in [0, 0.1) is 0 Å². The van der Waals surface area contributed by atoms with E-state index in [0.717, 1.165) is 18.4 Å². The Morgan fingerprint density at radius 2 is 2.23 bits per heavy atom. The highest BCUT2D eigenvalue weighted by molar-refractivity contribution is 6.05. The van der Waals surface area contributed by atoms with Crippen molar-refractivity contribution in [2.24, 2.45) is 0 Å². The molecule has 0 aliphatic carbocycles. The highest BCUT2D eigenvalue weighted by Gasteiger charge is 2.51. The minimum Gasteiger partial charge on any atom is -0.444 e. The van der Waals surface area contributed by atoms with Gasteiger partial charge in [-0.05, 0) is 39.7 Å². The summed E-state index contributed by atoms with van der Waals surface area (Å²) in [5.41, 5.74) is -0.356. The number of piperidine rings is 1. The fraction of sp³-hybridized carbons (Fsp3) is 0.562. The lowest BCUT2D eigenvalue weighted by molar-refractivity contribution is -0.122. The number of amides is 2. The van der Waals surface area contributed by atoms with Crippen molar-refractivity contribution in [1.29, 1.82) is 0 Å². The van der Waals surface area contributed by atoms with E-state index in [1.807, 2.05) is 32.9 Å². The van der Waals surface area contributed by atoms with Crippen LogP contribution >= 0.6 is 0 Å². The summed E-state index contributed by atoms with van der Waals surface area (Å²) in [4.78, 5) is 30.7. The topological polar surface area (TPSA) is 71.5 Å². The summed E-state index contributed by atoms with van der Waals surface area (Å²) >= 11 is 0. The van der Waals surface area contributed by atoms with Gasteiger partial charge in [0.25, 0.3) is 0 Å².